The van der Waals surface area contributed by atoms with Crippen LogP contribution in [0.3, 0.4) is 0 Å². The summed E-state index contributed by atoms with van der Waals surface area (Å²) in [6.07, 6.45) is 5.25. The van der Waals surface area contributed by atoms with Gasteiger partial charge in [-0.15, -0.1) is 0 Å². The van der Waals surface area contributed by atoms with Crippen molar-refractivity contribution in [3.8, 4) is 0 Å². The Morgan fingerprint density at radius 3 is 1.95 bits per heavy atom. The summed E-state index contributed by atoms with van der Waals surface area (Å²) in [6, 6.07) is 11.6. The molecular weight excluding hydrogens is 254 g/mol. The lowest BCUT2D eigenvalue weighted by atomic mass is 9.94. The van der Waals surface area contributed by atoms with E-state index in [0.29, 0.717) is 0 Å². The quantitative estimate of drug-likeness (QED) is 0.632. The van der Waals surface area contributed by atoms with Gasteiger partial charge in [-0.1, -0.05) is 77.8 Å². The summed E-state index contributed by atoms with van der Waals surface area (Å²) in [4.78, 5) is 2.61. The second kappa shape index (κ2) is 12.9. The molecule has 1 nitrogen and oxygen atoms in total. The molecule has 2 rings (SSSR count). The van der Waals surface area contributed by atoms with Crippen molar-refractivity contribution in [3.05, 3.63) is 35.9 Å². The molecule has 0 spiro atoms. The van der Waals surface area contributed by atoms with Crippen LogP contribution in [-0.4, -0.2) is 17.5 Å². The predicted octanol–water partition coefficient (Wildman–Crippen LogP) is 6.14. The summed E-state index contributed by atoms with van der Waals surface area (Å²) >= 11 is 0. The zero-order chi connectivity index (χ0) is 16.1. The predicted molar refractivity (Wildman–Crippen MR) is 96.6 cm³/mol. The first-order chi connectivity index (χ1) is 10.1. The van der Waals surface area contributed by atoms with Crippen molar-refractivity contribution in [1.29, 1.82) is 0 Å². The lowest BCUT2D eigenvalue weighted by Gasteiger charge is -2.36. The van der Waals surface area contributed by atoms with E-state index in [1.165, 1.54) is 37.8 Å². The molecule has 0 N–H and O–H groups in total. The first-order valence-corrected chi connectivity index (χ1v) is 8.86. The fourth-order valence-corrected chi connectivity index (χ4v) is 2.42. The van der Waals surface area contributed by atoms with Crippen molar-refractivity contribution in [2.45, 2.75) is 79.8 Å². The van der Waals surface area contributed by atoms with E-state index in [1.54, 1.807) is 0 Å². The highest BCUT2D eigenvalue weighted by molar-refractivity contribution is 5.14. The van der Waals surface area contributed by atoms with Crippen LogP contribution in [-0.2, 0) is 6.54 Å². The summed E-state index contributed by atoms with van der Waals surface area (Å²) in [6.45, 7) is 15.6. The molecule has 1 heterocycles. The Morgan fingerprint density at radius 2 is 1.43 bits per heavy atom. The van der Waals surface area contributed by atoms with Crippen molar-refractivity contribution < 1.29 is 0 Å². The van der Waals surface area contributed by atoms with Crippen LogP contribution in [0.15, 0.2) is 30.3 Å². The molecule has 1 aromatic rings. The maximum atomic E-state index is 2.61. The highest BCUT2D eigenvalue weighted by Crippen LogP contribution is 2.22. The Morgan fingerprint density at radius 1 is 0.905 bits per heavy atom. The van der Waals surface area contributed by atoms with Crippen molar-refractivity contribution in [1.82, 2.24) is 4.90 Å². The maximum Gasteiger partial charge on any atom is 0.0236 e. The van der Waals surface area contributed by atoms with Crippen LogP contribution in [0.1, 0.15) is 72.8 Å². The second-order valence-electron chi connectivity index (χ2n) is 6.36. The van der Waals surface area contributed by atoms with Crippen LogP contribution in [0.25, 0.3) is 0 Å². The molecule has 1 aliphatic heterocycles. The molecule has 0 saturated carbocycles. The Hall–Kier alpha value is -0.820. The Labute approximate surface area is 133 Å². The van der Waals surface area contributed by atoms with Gasteiger partial charge in [0.1, 0.15) is 0 Å². The van der Waals surface area contributed by atoms with Crippen molar-refractivity contribution in [3.63, 3.8) is 0 Å². The fourth-order valence-electron chi connectivity index (χ4n) is 2.42. The van der Waals surface area contributed by atoms with Gasteiger partial charge < -0.3 is 0 Å². The smallest absolute Gasteiger partial charge is 0.0236 e. The number of hydrogen-bond donors (Lipinski definition) is 0. The first kappa shape index (κ1) is 20.2. The van der Waals surface area contributed by atoms with Crippen molar-refractivity contribution >= 4 is 0 Å². The van der Waals surface area contributed by atoms with E-state index in [0.717, 1.165) is 18.5 Å². The van der Waals surface area contributed by atoms with E-state index >= 15 is 0 Å². The summed E-state index contributed by atoms with van der Waals surface area (Å²) in [5.41, 5.74) is 1.44. The minimum absolute atomic E-state index is 0.751. The van der Waals surface area contributed by atoms with Gasteiger partial charge in [-0.25, -0.2) is 0 Å². The van der Waals surface area contributed by atoms with Crippen LogP contribution in [0.5, 0.6) is 0 Å². The molecule has 2 atom stereocenters. The third kappa shape index (κ3) is 9.68. The van der Waals surface area contributed by atoms with Gasteiger partial charge in [0.05, 0.1) is 0 Å². The highest BCUT2D eigenvalue weighted by Gasteiger charge is 2.22. The third-order valence-electron chi connectivity index (χ3n) is 3.48. The zero-order valence-corrected chi connectivity index (χ0v) is 15.2. The van der Waals surface area contributed by atoms with E-state index in [4.69, 9.17) is 0 Å². The highest BCUT2D eigenvalue weighted by atomic mass is 15.2. The molecule has 122 valence electrons. The van der Waals surface area contributed by atoms with Crippen LogP contribution in [0.4, 0.5) is 0 Å². The molecular formula is C20H37N. The number of rotatable bonds is 2. The fraction of sp³-hybridized carbons (Fsp3) is 0.700. The first-order valence-electron chi connectivity index (χ1n) is 8.86. The molecule has 1 fully saturated rings. The Balaban J connectivity index is 0.000000578. The Bertz CT molecular complexity index is 318. The van der Waals surface area contributed by atoms with Crippen LogP contribution >= 0.6 is 0 Å². The van der Waals surface area contributed by atoms with Gasteiger partial charge in [-0.2, -0.15) is 0 Å². The van der Waals surface area contributed by atoms with E-state index < -0.39 is 0 Å². The van der Waals surface area contributed by atoms with E-state index in [1.807, 2.05) is 0 Å². The zero-order valence-electron chi connectivity index (χ0n) is 15.2. The van der Waals surface area contributed by atoms with Crippen LogP contribution < -0.4 is 0 Å². The monoisotopic (exact) mass is 291 g/mol. The molecule has 0 radical (unpaired) electrons. The van der Waals surface area contributed by atoms with Crippen LogP contribution in [0.2, 0.25) is 0 Å². The van der Waals surface area contributed by atoms with E-state index in [2.05, 4.69) is 76.8 Å². The molecule has 1 aromatic carbocycles. The average Bonchev–Trinajstić information content (AvgIpc) is 2.46. The molecule has 21 heavy (non-hydrogen) atoms. The maximum absolute atomic E-state index is 2.61. The minimum atomic E-state index is 0.751. The standard InChI is InChI=1S/C14H21N.2C3H8/c1-12-8-9-13(2)15(10-12)11-14-6-4-3-5-7-14;2*1-3-2/h3-7,12-13H,8-11H2,1-2H3;2*3H2,1-2H3/t12-,13-;;/m1../s1. The number of piperidine rings is 1. The second-order valence-corrected chi connectivity index (χ2v) is 6.36. The SMILES string of the molecule is CCC.CCC.C[C@@H]1CC[C@@H](C)N(Cc2ccccc2)C1. The molecule has 0 aliphatic carbocycles. The number of benzene rings is 1. The van der Waals surface area contributed by atoms with Gasteiger partial charge in [0, 0.05) is 19.1 Å². The van der Waals surface area contributed by atoms with Gasteiger partial charge in [0.25, 0.3) is 0 Å². The summed E-state index contributed by atoms with van der Waals surface area (Å²) < 4.78 is 0. The normalized spacial score (nSPS) is 21.6. The topological polar surface area (TPSA) is 3.24 Å². The lowest BCUT2D eigenvalue weighted by molar-refractivity contribution is 0.117. The lowest BCUT2D eigenvalue weighted by Crippen LogP contribution is -2.40. The Kier molecular flexibility index (Phi) is 12.4. The largest absolute Gasteiger partial charge is 0.296 e. The molecule has 0 amide bonds. The molecule has 1 aliphatic rings. The van der Waals surface area contributed by atoms with E-state index in [-0.39, 0.29) is 0 Å². The van der Waals surface area contributed by atoms with Gasteiger partial charge in [-0.05, 0) is 31.2 Å². The number of likely N-dealkylation sites (tertiary alicyclic amines) is 1. The third-order valence-corrected chi connectivity index (χ3v) is 3.48. The molecule has 0 bridgehead atoms. The van der Waals surface area contributed by atoms with Gasteiger partial charge in [-0.3, -0.25) is 4.90 Å². The van der Waals surface area contributed by atoms with Gasteiger partial charge >= 0.3 is 0 Å². The summed E-state index contributed by atoms with van der Waals surface area (Å²) in [5.74, 6) is 0.866. The number of hydrogen-bond acceptors (Lipinski definition) is 1. The van der Waals surface area contributed by atoms with Crippen molar-refractivity contribution in [2.24, 2.45) is 5.92 Å². The molecule has 1 saturated heterocycles. The molecule has 1 heteroatoms. The van der Waals surface area contributed by atoms with Gasteiger partial charge in [0.15, 0.2) is 0 Å². The molecule has 0 aromatic heterocycles. The average molecular weight is 292 g/mol. The van der Waals surface area contributed by atoms with Crippen LogP contribution in [0, 0.1) is 5.92 Å². The summed E-state index contributed by atoms with van der Waals surface area (Å²) in [5, 5.41) is 0. The minimum Gasteiger partial charge on any atom is -0.296 e. The van der Waals surface area contributed by atoms with Crippen molar-refractivity contribution in [2.75, 3.05) is 6.54 Å². The van der Waals surface area contributed by atoms with E-state index in [9.17, 15) is 0 Å². The summed E-state index contributed by atoms with van der Waals surface area (Å²) in [7, 11) is 0. The number of nitrogens with zero attached hydrogens (tertiary/aromatic N) is 1. The molecule has 0 unspecified atom stereocenters. The van der Waals surface area contributed by atoms with Gasteiger partial charge in [0.2, 0.25) is 0 Å².